The number of rotatable bonds is 7. The van der Waals surface area contributed by atoms with Crippen molar-refractivity contribution >= 4 is 29.1 Å². The van der Waals surface area contributed by atoms with E-state index < -0.39 is 0 Å². The van der Waals surface area contributed by atoms with Crippen molar-refractivity contribution in [2.75, 3.05) is 0 Å². The molecule has 0 bridgehead atoms. The molecule has 0 saturated heterocycles. The molecule has 6 heteroatoms. The van der Waals surface area contributed by atoms with Crippen LogP contribution in [0.2, 0.25) is 5.02 Å². The molecule has 4 nitrogen and oxygen atoms in total. The van der Waals surface area contributed by atoms with Gasteiger partial charge in [-0.3, -0.25) is 9.36 Å². The van der Waals surface area contributed by atoms with Crippen molar-refractivity contribution in [2.45, 2.75) is 23.9 Å². The van der Waals surface area contributed by atoms with Gasteiger partial charge in [-0.25, -0.2) is 0 Å². The summed E-state index contributed by atoms with van der Waals surface area (Å²) in [7, 11) is 0. The third kappa shape index (κ3) is 4.48. The van der Waals surface area contributed by atoms with Gasteiger partial charge < -0.3 is 0 Å². The molecule has 0 radical (unpaired) electrons. The minimum absolute atomic E-state index is 0.0640. The highest BCUT2D eigenvalue weighted by Crippen LogP contribution is 2.32. The van der Waals surface area contributed by atoms with Crippen LogP contribution in [-0.2, 0) is 6.54 Å². The summed E-state index contributed by atoms with van der Waals surface area (Å²) in [5, 5.41) is 9.84. The maximum atomic E-state index is 12.9. The van der Waals surface area contributed by atoms with Crippen molar-refractivity contribution in [2.24, 2.45) is 0 Å². The average molecular weight is 434 g/mol. The fraction of sp³-hybridized carbons (Fsp3) is 0.125. The number of halogens is 1. The Morgan fingerprint density at radius 3 is 2.27 bits per heavy atom. The molecule has 1 atom stereocenters. The van der Waals surface area contributed by atoms with Gasteiger partial charge in [0.15, 0.2) is 16.8 Å². The van der Waals surface area contributed by atoms with Gasteiger partial charge >= 0.3 is 0 Å². The molecule has 0 aliphatic rings. The molecule has 1 unspecified atom stereocenters. The molecule has 0 fully saturated rings. The number of carbonyl (C=O) groups excluding carboxylic acids is 1. The van der Waals surface area contributed by atoms with Crippen molar-refractivity contribution in [1.29, 1.82) is 0 Å². The van der Waals surface area contributed by atoms with Gasteiger partial charge in [0.1, 0.15) is 0 Å². The van der Waals surface area contributed by atoms with E-state index in [9.17, 15) is 4.79 Å². The van der Waals surface area contributed by atoms with Crippen molar-refractivity contribution < 1.29 is 4.79 Å². The van der Waals surface area contributed by atoms with E-state index in [4.69, 9.17) is 11.6 Å². The Bertz CT molecular complexity index is 1150. The molecule has 0 aliphatic carbocycles. The molecule has 1 heterocycles. The van der Waals surface area contributed by atoms with Crippen LogP contribution in [0, 0.1) is 0 Å². The topological polar surface area (TPSA) is 47.8 Å². The number of aromatic nitrogens is 3. The summed E-state index contributed by atoms with van der Waals surface area (Å²) in [4.78, 5) is 12.9. The lowest BCUT2D eigenvalue weighted by Gasteiger charge is -2.14. The lowest BCUT2D eigenvalue weighted by molar-refractivity contribution is 0.0994. The zero-order chi connectivity index (χ0) is 20.9. The van der Waals surface area contributed by atoms with Gasteiger partial charge in [0, 0.05) is 11.1 Å². The van der Waals surface area contributed by atoms with Gasteiger partial charge in [0.05, 0.1) is 16.8 Å². The van der Waals surface area contributed by atoms with Crippen molar-refractivity contribution in [3.05, 3.63) is 101 Å². The van der Waals surface area contributed by atoms with Gasteiger partial charge in [-0.1, -0.05) is 96.2 Å². The third-order valence-electron chi connectivity index (χ3n) is 4.72. The molecule has 30 heavy (non-hydrogen) atoms. The van der Waals surface area contributed by atoms with Gasteiger partial charge in [0.2, 0.25) is 0 Å². The Morgan fingerprint density at radius 2 is 1.57 bits per heavy atom. The Kier molecular flexibility index (Phi) is 6.31. The first-order valence-corrected chi connectivity index (χ1v) is 10.9. The van der Waals surface area contributed by atoms with Crippen LogP contribution in [0.1, 0.15) is 22.8 Å². The van der Waals surface area contributed by atoms with Gasteiger partial charge in [0.25, 0.3) is 0 Å². The molecule has 4 aromatic rings. The molecule has 0 aliphatic heterocycles. The first-order chi connectivity index (χ1) is 14.6. The largest absolute Gasteiger partial charge is 0.297 e. The molecular weight excluding hydrogens is 414 g/mol. The number of hydrogen-bond donors (Lipinski definition) is 0. The molecule has 3 aromatic carbocycles. The van der Waals surface area contributed by atoms with Crippen LogP contribution in [0.5, 0.6) is 0 Å². The Balaban J connectivity index is 1.69. The van der Waals surface area contributed by atoms with Crippen LogP contribution in [0.3, 0.4) is 0 Å². The van der Waals surface area contributed by atoms with E-state index in [-0.39, 0.29) is 11.0 Å². The number of benzene rings is 3. The molecule has 0 N–H and O–H groups in total. The van der Waals surface area contributed by atoms with Crippen molar-refractivity contribution in [1.82, 2.24) is 14.8 Å². The van der Waals surface area contributed by atoms with Crippen LogP contribution in [0.25, 0.3) is 11.4 Å². The van der Waals surface area contributed by atoms with E-state index in [0.29, 0.717) is 28.1 Å². The highest BCUT2D eigenvalue weighted by atomic mass is 35.5. The summed E-state index contributed by atoms with van der Waals surface area (Å²) in [6.07, 6.45) is 0. The minimum Gasteiger partial charge on any atom is -0.297 e. The monoisotopic (exact) mass is 433 g/mol. The van der Waals surface area contributed by atoms with Crippen LogP contribution in [-0.4, -0.2) is 25.8 Å². The van der Waals surface area contributed by atoms with Crippen LogP contribution >= 0.6 is 23.4 Å². The first-order valence-electron chi connectivity index (χ1n) is 9.61. The van der Waals surface area contributed by atoms with E-state index in [2.05, 4.69) is 22.3 Å². The van der Waals surface area contributed by atoms with Crippen LogP contribution in [0.4, 0.5) is 0 Å². The fourth-order valence-corrected chi connectivity index (χ4v) is 4.32. The average Bonchev–Trinajstić information content (AvgIpc) is 3.16. The number of thioether (sulfide) groups is 1. The summed E-state index contributed by atoms with van der Waals surface area (Å²) in [6.45, 7) is 2.49. The second kappa shape index (κ2) is 9.28. The zero-order valence-electron chi connectivity index (χ0n) is 16.4. The quantitative estimate of drug-likeness (QED) is 0.264. The van der Waals surface area contributed by atoms with E-state index in [0.717, 1.165) is 11.1 Å². The Hall–Kier alpha value is -2.89. The molecule has 4 rings (SSSR count). The number of ketones is 1. The van der Waals surface area contributed by atoms with Crippen LogP contribution in [0.15, 0.2) is 90.1 Å². The highest BCUT2D eigenvalue weighted by Gasteiger charge is 2.22. The van der Waals surface area contributed by atoms with E-state index in [1.54, 1.807) is 0 Å². The van der Waals surface area contributed by atoms with Gasteiger partial charge in [-0.2, -0.15) is 0 Å². The second-order valence-corrected chi connectivity index (χ2v) is 8.56. The lowest BCUT2D eigenvalue weighted by atomic mass is 10.1. The maximum Gasteiger partial charge on any atom is 0.192 e. The van der Waals surface area contributed by atoms with E-state index in [1.807, 2.05) is 84.3 Å². The Labute approximate surface area is 184 Å². The van der Waals surface area contributed by atoms with Gasteiger partial charge in [-0.05, 0) is 24.6 Å². The predicted molar refractivity (Wildman–Crippen MR) is 122 cm³/mol. The zero-order valence-corrected chi connectivity index (χ0v) is 18.0. The molecule has 150 valence electrons. The summed E-state index contributed by atoms with van der Waals surface area (Å²) in [5.41, 5.74) is 2.63. The summed E-state index contributed by atoms with van der Waals surface area (Å²) in [6, 6.07) is 27.0. The van der Waals surface area contributed by atoms with Gasteiger partial charge in [-0.15, -0.1) is 10.2 Å². The molecule has 0 amide bonds. The molecule has 0 saturated carbocycles. The van der Waals surface area contributed by atoms with Crippen LogP contribution < -0.4 is 0 Å². The Morgan fingerprint density at radius 1 is 0.933 bits per heavy atom. The lowest BCUT2D eigenvalue weighted by Crippen LogP contribution is -2.15. The summed E-state index contributed by atoms with van der Waals surface area (Å²) >= 11 is 7.85. The SMILES string of the molecule is CC(Sc1nnc(-c2ccccc2Cl)n1Cc1ccccc1)C(=O)c1ccccc1. The van der Waals surface area contributed by atoms with Crippen molar-refractivity contribution in [3.8, 4) is 11.4 Å². The van der Waals surface area contributed by atoms with E-state index in [1.165, 1.54) is 11.8 Å². The van der Waals surface area contributed by atoms with E-state index >= 15 is 0 Å². The number of nitrogens with zero attached hydrogens (tertiary/aromatic N) is 3. The molecule has 1 aromatic heterocycles. The minimum atomic E-state index is -0.301. The fourth-order valence-electron chi connectivity index (χ4n) is 3.17. The molecular formula is C24H20ClN3OS. The third-order valence-corrected chi connectivity index (χ3v) is 6.13. The predicted octanol–water partition coefficient (Wildman–Crippen LogP) is 6.01. The smallest absolute Gasteiger partial charge is 0.192 e. The standard InChI is InChI=1S/C24H20ClN3OS/c1-17(22(29)19-12-6-3-7-13-19)30-24-27-26-23(20-14-8-9-15-21(20)25)28(24)16-18-10-4-2-5-11-18/h2-15,17H,16H2,1H3. The maximum absolute atomic E-state index is 12.9. The highest BCUT2D eigenvalue weighted by molar-refractivity contribution is 8.00. The normalized spacial score (nSPS) is 11.9. The number of Topliss-reactive ketones (excluding diaryl/α,β-unsaturated/α-hetero) is 1. The van der Waals surface area contributed by atoms with Crippen molar-refractivity contribution in [3.63, 3.8) is 0 Å². The molecule has 0 spiro atoms. The summed E-state index contributed by atoms with van der Waals surface area (Å²) < 4.78 is 2.02. The number of carbonyl (C=O) groups is 1. The number of hydrogen-bond acceptors (Lipinski definition) is 4. The second-order valence-electron chi connectivity index (χ2n) is 6.85. The summed E-state index contributed by atoms with van der Waals surface area (Å²) in [5.74, 6) is 0.750. The first kappa shape index (κ1) is 20.4.